The highest BCUT2D eigenvalue weighted by molar-refractivity contribution is 5.89. The lowest BCUT2D eigenvalue weighted by Gasteiger charge is -2.29. The number of pyridine rings is 1. The number of alkyl carbamates (subject to hydrolysis) is 1. The average molecular weight is 675 g/mol. The third-order valence-electron chi connectivity index (χ3n) is 8.16. The van der Waals surface area contributed by atoms with Crippen LogP contribution in [-0.2, 0) is 45.9 Å². The molecule has 0 aliphatic heterocycles. The number of nitrogens with one attached hydrogen (secondary N) is 3. The zero-order chi connectivity index (χ0) is 35.2. The van der Waals surface area contributed by atoms with E-state index in [2.05, 4.69) is 39.4 Å². The number of amides is 3. The standard InChI is InChI=1S/C39H42N6O5/c1-39(2,32-11-7-4-8-12-32)27-42-36(46)24-45(23-29-13-15-34(16-14-29)49-25-31-17-19-40-20-18-31)37(47)35(21-33-22-41-28-43-33)44-38(48)50-26-30-9-5-3-6-10-30/h3-20,22,28,35H,21,23-27H2,1-2H3,(H,41,43)(H,42,46)(H,44,48)/t35-/m0/s1. The number of hydrogen-bond donors (Lipinski definition) is 3. The maximum Gasteiger partial charge on any atom is 0.408 e. The first-order valence-electron chi connectivity index (χ1n) is 16.4. The summed E-state index contributed by atoms with van der Waals surface area (Å²) in [5.74, 6) is -0.123. The number of rotatable bonds is 16. The minimum Gasteiger partial charge on any atom is -0.489 e. The summed E-state index contributed by atoms with van der Waals surface area (Å²) in [6.45, 7) is 4.76. The smallest absolute Gasteiger partial charge is 0.408 e. The molecular weight excluding hydrogens is 632 g/mol. The van der Waals surface area contributed by atoms with E-state index in [4.69, 9.17) is 9.47 Å². The van der Waals surface area contributed by atoms with Gasteiger partial charge in [-0.2, -0.15) is 0 Å². The Labute approximate surface area is 292 Å². The van der Waals surface area contributed by atoms with Gasteiger partial charge in [0.1, 0.15) is 25.0 Å². The van der Waals surface area contributed by atoms with E-state index >= 15 is 0 Å². The largest absolute Gasteiger partial charge is 0.489 e. The lowest BCUT2D eigenvalue weighted by molar-refractivity contribution is -0.138. The van der Waals surface area contributed by atoms with Crippen molar-refractivity contribution in [3.05, 3.63) is 150 Å². The molecule has 0 fully saturated rings. The van der Waals surface area contributed by atoms with Gasteiger partial charge in [0.15, 0.2) is 0 Å². The normalized spacial score (nSPS) is 11.6. The van der Waals surface area contributed by atoms with Crippen LogP contribution in [0.5, 0.6) is 5.75 Å². The first-order chi connectivity index (χ1) is 24.2. The Hall–Kier alpha value is -5.97. The molecule has 258 valence electrons. The minimum atomic E-state index is -1.05. The fraction of sp³-hybridized carbons (Fsp3) is 0.256. The van der Waals surface area contributed by atoms with E-state index in [-0.39, 0.29) is 37.4 Å². The molecule has 2 aromatic heterocycles. The van der Waals surface area contributed by atoms with Crippen LogP contribution in [0.1, 0.15) is 41.8 Å². The summed E-state index contributed by atoms with van der Waals surface area (Å²) in [6.07, 6.45) is 5.87. The van der Waals surface area contributed by atoms with Crippen molar-refractivity contribution in [1.29, 1.82) is 0 Å². The molecule has 50 heavy (non-hydrogen) atoms. The van der Waals surface area contributed by atoms with Crippen molar-refractivity contribution in [2.24, 2.45) is 0 Å². The summed E-state index contributed by atoms with van der Waals surface area (Å²) in [7, 11) is 0. The maximum absolute atomic E-state index is 14.3. The Bertz CT molecular complexity index is 1780. The number of aromatic nitrogens is 3. The van der Waals surface area contributed by atoms with Gasteiger partial charge in [-0.15, -0.1) is 0 Å². The lowest BCUT2D eigenvalue weighted by Crippen LogP contribution is -2.52. The van der Waals surface area contributed by atoms with Crippen molar-refractivity contribution < 1.29 is 23.9 Å². The SMILES string of the molecule is CC(C)(CNC(=O)CN(Cc1ccc(OCc2ccncc2)cc1)C(=O)[C@H](Cc1cnc[nH]1)NC(=O)OCc1ccccc1)c1ccccc1. The van der Waals surface area contributed by atoms with E-state index in [1.54, 1.807) is 18.6 Å². The number of ether oxygens (including phenoxy) is 2. The summed E-state index contributed by atoms with van der Waals surface area (Å²) in [6, 6.07) is 29.3. The molecule has 0 unspecified atom stereocenters. The summed E-state index contributed by atoms with van der Waals surface area (Å²) in [5.41, 5.74) is 3.95. The predicted octanol–water partition coefficient (Wildman–Crippen LogP) is 5.34. The maximum atomic E-state index is 14.3. The van der Waals surface area contributed by atoms with Crippen LogP contribution in [0.3, 0.4) is 0 Å². The van der Waals surface area contributed by atoms with Crippen LogP contribution >= 0.6 is 0 Å². The van der Waals surface area contributed by atoms with Gasteiger partial charge in [-0.25, -0.2) is 9.78 Å². The average Bonchev–Trinajstić information content (AvgIpc) is 3.66. The molecule has 11 nitrogen and oxygen atoms in total. The summed E-state index contributed by atoms with van der Waals surface area (Å²) < 4.78 is 11.4. The molecule has 3 aromatic carbocycles. The number of carbonyl (C=O) groups excluding carboxylic acids is 3. The molecule has 11 heteroatoms. The predicted molar refractivity (Wildman–Crippen MR) is 189 cm³/mol. The quantitative estimate of drug-likeness (QED) is 0.128. The van der Waals surface area contributed by atoms with Crippen LogP contribution in [0, 0.1) is 0 Å². The van der Waals surface area contributed by atoms with Crippen molar-refractivity contribution >= 4 is 17.9 Å². The topological polar surface area (TPSA) is 139 Å². The Morgan fingerprint density at radius 1 is 0.820 bits per heavy atom. The van der Waals surface area contributed by atoms with Crippen LogP contribution in [-0.4, -0.2) is 56.9 Å². The van der Waals surface area contributed by atoms with E-state index in [9.17, 15) is 14.4 Å². The summed E-state index contributed by atoms with van der Waals surface area (Å²) in [4.78, 5) is 53.3. The second kappa shape index (κ2) is 17.4. The second-order valence-electron chi connectivity index (χ2n) is 12.5. The Morgan fingerprint density at radius 2 is 1.50 bits per heavy atom. The molecule has 3 N–H and O–H groups in total. The van der Waals surface area contributed by atoms with Crippen LogP contribution in [0.25, 0.3) is 0 Å². The Morgan fingerprint density at radius 3 is 2.18 bits per heavy atom. The number of H-pyrrole nitrogens is 1. The zero-order valence-corrected chi connectivity index (χ0v) is 28.2. The number of hydrogen-bond acceptors (Lipinski definition) is 7. The van der Waals surface area contributed by atoms with Gasteiger partial charge in [0, 0.05) is 49.2 Å². The van der Waals surface area contributed by atoms with Gasteiger partial charge in [0.2, 0.25) is 11.8 Å². The molecular formula is C39H42N6O5. The van der Waals surface area contributed by atoms with E-state index in [0.717, 1.165) is 22.3 Å². The molecule has 3 amide bonds. The highest BCUT2D eigenvalue weighted by atomic mass is 16.5. The zero-order valence-electron chi connectivity index (χ0n) is 28.2. The highest BCUT2D eigenvalue weighted by Crippen LogP contribution is 2.22. The van der Waals surface area contributed by atoms with Gasteiger partial charge in [0.25, 0.3) is 0 Å². The van der Waals surface area contributed by atoms with Gasteiger partial charge in [0.05, 0.1) is 12.9 Å². The third-order valence-corrected chi connectivity index (χ3v) is 8.16. The van der Waals surface area contributed by atoms with Crippen molar-refractivity contribution in [2.75, 3.05) is 13.1 Å². The first kappa shape index (κ1) is 35.3. The summed E-state index contributed by atoms with van der Waals surface area (Å²) in [5, 5.41) is 5.74. The van der Waals surface area contributed by atoms with Gasteiger partial charge >= 0.3 is 6.09 Å². The molecule has 0 spiro atoms. The number of nitrogens with zero attached hydrogens (tertiary/aromatic N) is 3. The molecule has 0 radical (unpaired) electrons. The number of benzene rings is 3. The molecule has 0 bridgehead atoms. The van der Waals surface area contributed by atoms with E-state index < -0.39 is 18.0 Å². The monoisotopic (exact) mass is 674 g/mol. The van der Waals surface area contributed by atoms with Crippen LogP contribution in [0.15, 0.2) is 122 Å². The van der Waals surface area contributed by atoms with Crippen molar-refractivity contribution in [1.82, 2.24) is 30.5 Å². The Kier molecular flexibility index (Phi) is 12.3. The van der Waals surface area contributed by atoms with E-state index in [1.165, 1.54) is 11.2 Å². The molecule has 0 saturated carbocycles. The fourth-order valence-electron chi connectivity index (χ4n) is 5.25. The first-order valence-corrected chi connectivity index (χ1v) is 16.4. The highest BCUT2D eigenvalue weighted by Gasteiger charge is 2.30. The number of imidazole rings is 1. The van der Waals surface area contributed by atoms with Crippen molar-refractivity contribution in [2.45, 2.75) is 51.5 Å². The van der Waals surface area contributed by atoms with Gasteiger partial charge < -0.3 is 30.0 Å². The van der Waals surface area contributed by atoms with E-state index in [1.807, 2.05) is 97.1 Å². The molecule has 1 atom stereocenters. The van der Waals surface area contributed by atoms with Crippen molar-refractivity contribution in [3.8, 4) is 5.75 Å². The second-order valence-corrected chi connectivity index (χ2v) is 12.5. The third kappa shape index (κ3) is 10.8. The number of carbonyl (C=O) groups is 3. The number of aromatic amines is 1. The van der Waals surface area contributed by atoms with Crippen LogP contribution < -0.4 is 15.4 Å². The van der Waals surface area contributed by atoms with Crippen LogP contribution in [0.2, 0.25) is 0 Å². The van der Waals surface area contributed by atoms with Crippen LogP contribution in [0.4, 0.5) is 4.79 Å². The summed E-state index contributed by atoms with van der Waals surface area (Å²) >= 11 is 0. The van der Waals surface area contributed by atoms with Crippen molar-refractivity contribution in [3.63, 3.8) is 0 Å². The minimum absolute atomic E-state index is 0.0382. The van der Waals surface area contributed by atoms with Gasteiger partial charge in [-0.05, 0) is 46.5 Å². The fourth-order valence-corrected chi connectivity index (χ4v) is 5.25. The molecule has 2 heterocycles. The molecule has 0 saturated heterocycles. The molecule has 0 aliphatic rings. The Balaban J connectivity index is 1.31. The van der Waals surface area contributed by atoms with Gasteiger partial charge in [-0.3, -0.25) is 14.6 Å². The van der Waals surface area contributed by atoms with E-state index in [0.29, 0.717) is 24.6 Å². The molecule has 5 rings (SSSR count). The molecule has 0 aliphatic carbocycles. The molecule has 5 aromatic rings. The lowest BCUT2D eigenvalue weighted by atomic mass is 9.84. The van der Waals surface area contributed by atoms with Gasteiger partial charge in [-0.1, -0.05) is 86.6 Å².